The number of amides is 1. The topological polar surface area (TPSA) is 114 Å². The van der Waals surface area contributed by atoms with Gasteiger partial charge in [0, 0.05) is 12.8 Å². The molecule has 1 amide bonds. The molecule has 77 heavy (non-hydrogen) atoms. The van der Waals surface area contributed by atoms with Crippen molar-refractivity contribution in [1.29, 1.82) is 0 Å². The van der Waals surface area contributed by atoms with Crippen molar-refractivity contribution in [3.8, 4) is 0 Å². The van der Waals surface area contributed by atoms with Gasteiger partial charge in [0.15, 0.2) is 0 Å². The van der Waals surface area contributed by atoms with Gasteiger partial charge >= 0.3 is 5.97 Å². The average molecular weight is 1100 g/mol. The van der Waals surface area contributed by atoms with Crippen LogP contribution >= 0.6 is 7.82 Å². The Morgan fingerprint density at radius 3 is 1.22 bits per heavy atom. The lowest BCUT2D eigenvalue weighted by molar-refractivity contribution is -0.870. The minimum Gasteiger partial charge on any atom is -0.756 e. The van der Waals surface area contributed by atoms with Gasteiger partial charge in [0.25, 0.3) is 7.82 Å². The summed E-state index contributed by atoms with van der Waals surface area (Å²) in [6.45, 7) is 6.81. The Hall–Kier alpha value is -2.55. The van der Waals surface area contributed by atoms with Gasteiger partial charge < -0.3 is 28.5 Å². The van der Waals surface area contributed by atoms with E-state index in [2.05, 4.69) is 86.8 Å². The van der Waals surface area contributed by atoms with Crippen LogP contribution in [-0.4, -0.2) is 69.4 Å². The molecule has 0 aromatic carbocycles. The molecular weight excluding hydrogens is 976 g/mol. The molecule has 0 fully saturated rings. The minimum absolute atomic E-state index is 0.0269. The Labute approximate surface area is 476 Å². The highest BCUT2D eigenvalue weighted by molar-refractivity contribution is 7.45. The van der Waals surface area contributed by atoms with E-state index in [1.807, 2.05) is 33.3 Å². The Balaban J connectivity index is 5.19. The van der Waals surface area contributed by atoms with Crippen LogP contribution < -0.4 is 10.2 Å². The molecule has 0 saturated carbocycles. The van der Waals surface area contributed by atoms with Crippen molar-refractivity contribution in [2.24, 2.45) is 0 Å². The van der Waals surface area contributed by atoms with Crippen LogP contribution in [0.3, 0.4) is 0 Å². The smallest absolute Gasteiger partial charge is 0.306 e. The van der Waals surface area contributed by atoms with E-state index in [1.165, 1.54) is 154 Å². The lowest BCUT2D eigenvalue weighted by Gasteiger charge is -2.30. The molecule has 0 aliphatic rings. The second kappa shape index (κ2) is 56.7. The van der Waals surface area contributed by atoms with Crippen LogP contribution in [0.4, 0.5) is 0 Å². The summed E-state index contributed by atoms with van der Waals surface area (Å²) in [5.74, 6) is -0.555. The second-order valence-electron chi connectivity index (χ2n) is 22.9. The van der Waals surface area contributed by atoms with Gasteiger partial charge in [-0.05, 0) is 102 Å². The summed E-state index contributed by atoms with van der Waals surface area (Å²) >= 11 is 0. The number of allylic oxidation sites excluding steroid dienone is 11. The summed E-state index contributed by atoms with van der Waals surface area (Å²) < 4.78 is 30.3. The van der Waals surface area contributed by atoms with Crippen molar-refractivity contribution in [3.05, 3.63) is 72.9 Å². The standard InChI is InChI=1S/C67H123N2O7P/c1-7-10-13-16-19-22-25-27-29-31-32-33-34-35-36-38-40-42-45-48-51-54-57-60-67(71)76-65(58-55-52-49-46-43-24-21-18-15-12-9-3)64(63-75-77(72,73)74-62-61-69(4,5)6)68-66(70)59-56-53-50-47-44-41-39-37-30-28-26-23-20-17-14-11-8-2/h19,22,27-30,32-33,35-36,55,58,64-65H,7-18,20-21,23-26,31,34,37-54,56-57,59-63H2,1-6H3,(H-,68,70,72,73)/b22-19-,29-27-,30-28+,33-32-,36-35-,58-55-. The first-order valence-corrected chi connectivity index (χ1v) is 33.7. The zero-order valence-electron chi connectivity index (χ0n) is 51.2. The number of nitrogens with zero attached hydrogens (tertiary/aromatic N) is 1. The molecule has 0 heterocycles. The Morgan fingerprint density at radius 2 is 0.792 bits per heavy atom. The Morgan fingerprint density at radius 1 is 0.455 bits per heavy atom. The second-order valence-corrected chi connectivity index (χ2v) is 24.3. The number of hydrogen-bond donors (Lipinski definition) is 1. The van der Waals surface area contributed by atoms with E-state index in [9.17, 15) is 19.0 Å². The van der Waals surface area contributed by atoms with Crippen molar-refractivity contribution in [2.75, 3.05) is 40.9 Å². The number of likely N-dealkylation sites (N-methyl/N-ethyl adjacent to an activating group) is 1. The largest absolute Gasteiger partial charge is 0.756 e. The first-order chi connectivity index (χ1) is 37.4. The molecule has 0 aliphatic heterocycles. The maximum Gasteiger partial charge on any atom is 0.306 e. The first kappa shape index (κ1) is 74.5. The molecule has 0 radical (unpaired) electrons. The Bertz CT molecular complexity index is 1550. The van der Waals surface area contributed by atoms with E-state index in [0.717, 1.165) is 103 Å². The highest BCUT2D eigenvalue weighted by Gasteiger charge is 2.27. The summed E-state index contributed by atoms with van der Waals surface area (Å²) in [5, 5.41) is 3.03. The maximum atomic E-state index is 13.5. The third-order valence-electron chi connectivity index (χ3n) is 14.1. The molecule has 3 atom stereocenters. The number of hydrogen-bond acceptors (Lipinski definition) is 7. The van der Waals surface area contributed by atoms with Crippen LogP contribution in [0.15, 0.2) is 72.9 Å². The van der Waals surface area contributed by atoms with E-state index >= 15 is 0 Å². The fourth-order valence-electron chi connectivity index (χ4n) is 9.09. The van der Waals surface area contributed by atoms with Crippen LogP contribution in [-0.2, 0) is 27.9 Å². The van der Waals surface area contributed by atoms with Gasteiger partial charge in [-0.2, -0.15) is 0 Å². The number of carbonyl (C=O) groups is 2. The van der Waals surface area contributed by atoms with Crippen molar-refractivity contribution < 1.29 is 37.3 Å². The predicted octanol–water partition coefficient (Wildman–Crippen LogP) is 19.4. The van der Waals surface area contributed by atoms with Gasteiger partial charge in [-0.3, -0.25) is 14.2 Å². The molecule has 0 saturated heterocycles. The zero-order chi connectivity index (χ0) is 56.4. The molecule has 1 N–H and O–H groups in total. The zero-order valence-corrected chi connectivity index (χ0v) is 52.0. The lowest BCUT2D eigenvalue weighted by Crippen LogP contribution is -2.47. The normalized spacial score (nSPS) is 14.1. The summed E-state index contributed by atoms with van der Waals surface area (Å²) in [7, 11) is 1.17. The predicted molar refractivity (Wildman–Crippen MR) is 330 cm³/mol. The van der Waals surface area contributed by atoms with Gasteiger partial charge in [0.2, 0.25) is 5.91 Å². The van der Waals surface area contributed by atoms with Crippen LogP contribution in [0.2, 0.25) is 0 Å². The third kappa shape index (κ3) is 57.9. The Kier molecular flexibility index (Phi) is 54.8. The van der Waals surface area contributed by atoms with Crippen LogP contribution in [0.1, 0.15) is 290 Å². The molecule has 0 aliphatic carbocycles. The summed E-state index contributed by atoms with van der Waals surface area (Å²) in [5.41, 5.74) is 0. The number of unbranched alkanes of at least 4 members (excludes halogenated alkanes) is 32. The van der Waals surface area contributed by atoms with Crippen molar-refractivity contribution >= 4 is 19.7 Å². The number of carbonyl (C=O) groups excluding carboxylic acids is 2. The van der Waals surface area contributed by atoms with Crippen molar-refractivity contribution in [1.82, 2.24) is 5.32 Å². The van der Waals surface area contributed by atoms with Gasteiger partial charge in [-0.1, -0.05) is 248 Å². The summed E-state index contributed by atoms with van der Waals surface area (Å²) in [4.78, 5) is 40.0. The molecule has 448 valence electrons. The number of esters is 1. The van der Waals surface area contributed by atoms with Gasteiger partial charge in [-0.25, -0.2) is 0 Å². The molecule has 9 nitrogen and oxygen atoms in total. The average Bonchev–Trinajstić information content (AvgIpc) is 3.39. The number of rotatable bonds is 58. The fourth-order valence-corrected chi connectivity index (χ4v) is 9.81. The number of quaternary nitrogens is 1. The maximum absolute atomic E-state index is 13.5. The van der Waals surface area contributed by atoms with Crippen LogP contribution in [0.5, 0.6) is 0 Å². The van der Waals surface area contributed by atoms with Gasteiger partial charge in [0.1, 0.15) is 19.3 Å². The fraction of sp³-hybridized carbons (Fsp3) is 0.791. The SMILES string of the molecule is CCCCC/C=C\C/C=C\C/C=C\C/C=C\CCCCCCCCCC(=O)OC(/C=C\CCCCCCCCCCC)C(COP(=O)([O-])OCC[N+](C)(C)C)NC(=O)CCCCCCCCC/C=C/CCCCCCCC. The highest BCUT2D eigenvalue weighted by atomic mass is 31.2. The van der Waals surface area contributed by atoms with Gasteiger partial charge in [-0.15, -0.1) is 0 Å². The molecule has 0 aromatic rings. The molecule has 0 aromatic heterocycles. The molecule has 0 bridgehead atoms. The number of phosphoric acid groups is 1. The molecule has 3 unspecified atom stereocenters. The van der Waals surface area contributed by atoms with Crippen LogP contribution in [0, 0.1) is 0 Å². The van der Waals surface area contributed by atoms with Crippen molar-refractivity contribution in [2.45, 2.75) is 303 Å². The van der Waals surface area contributed by atoms with Crippen molar-refractivity contribution in [3.63, 3.8) is 0 Å². The number of phosphoric ester groups is 1. The highest BCUT2D eigenvalue weighted by Crippen LogP contribution is 2.38. The molecule has 0 spiro atoms. The monoisotopic (exact) mass is 1100 g/mol. The minimum atomic E-state index is -4.70. The molecule has 10 heteroatoms. The van der Waals surface area contributed by atoms with Gasteiger partial charge in [0.05, 0.1) is 33.8 Å². The molecular formula is C67H123N2O7P. The summed E-state index contributed by atoms with van der Waals surface area (Å²) in [6, 6.07) is -0.897. The number of nitrogens with one attached hydrogen (secondary N) is 1. The van der Waals surface area contributed by atoms with E-state index in [-0.39, 0.29) is 24.9 Å². The van der Waals surface area contributed by atoms with E-state index < -0.39 is 26.6 Å². The quantitative estimate of drug-likeness (QED) is 0.0212. The van der Waals surface area contributed by atoms with E-state index in [4.69, 9.17) is 13.8 Å². The lowest BCUT2D eigenvalue weighted by atomic mass is 10.1. The van der Waals surface area contributed by atoms with Crippen LogP contribution in [0.25, 0.3) is 0 Å². The van der Waals surface area contributed by atoms with E-state index in [1.54, 1.807) is 0 Å². The molecule has 0 rings (SSSR count). The first-order valence-electron chi connectivity index (χ1n) is 32.2. The summed E-state index contributed by atoms with van der Waals surface area (Å²) in [6.07, 6.45) is 72.9. The number of ether oxygens (including phenoxy) is 1. The van der Waals surface area contributed by atoms with E-state index in [0.29, 0.717) is 17.4 Å². The third-order valence-corrected chi connectivity index (χ3v) is 15.1.